The van der Waals surface area contributed by atoms with Gasteiger partial charge in [0, 0.05) is 11.9 Å². The average molecular weight is 504 g/mol. The molecule has 182 valence electrons. The van der Waals surface area contributed by atoms with Crippen molar-refractivity contribution in [2.24, 2.45) is 5.41 Å². The molecule has 2 aromatic carbocycles. The number of carbonyl (C=O) groups is 2. The van der Waals surface area contributed by atoms with Crippen molar-refractivity contribution in [1.29, 1.82) is 0 Å². The van der Waals surface area contributed by atoms with Gasteiger partial charge in [0.25, 0.3) is 0 Å². The van der Waals surface area contributed by atoms with Crippen molar-refractivity contribution >= 4 is 35.3 Å². The first-order valence-corrected chi connectivity index (χ1v) is 12.6. The Bertz CT molecular complexity index is 1040. The molecule has 1 spiro atoms. The van der Waals surface area contributed by atoms with Crippen LogP contribution in [0.2, 0.25) is 5.02 Å². The van der Waals surface area contributed by atoms with Crippen LogP contribution in [-0.4, -0.2) is 43.9 Å². The van der Waals surface area contributed by atoms with Crippen LogP contribution in [-0.2, 0) is 4.79 Å². The van der Waals surface area contributed by atoms with Gasteiger partial charge in [-0.2, -0.15) is 0 Å². The molecule has 0 radical (unpaired) electrons. The molecule has 34 heavy (non-hydrogen) atoms. The monoisotopic (exact) mass is 503 g/mol. The summed E-state index contributed by atoms with van der Waals surface area (Å²) in [5.74, 6) is 1.67. The molecule has 0 aromatic heterocycles. The van der Waals surface area contributed by atoms with Gasteiger partial charge in [-0.15, -0.1) is 11.8 Å². The number of halogens is 1. The highest BCUT2D eigenvalue weighted by Gasteiger charge is 2.53. The third kappa shape index (κ3) is 5.45. The molecular formula is C25H30ClN3O4S. The number of amides is 3. The molecule has 9 heteroatoms. The summed E-state index contributed by atoms with van der Waals surface area (Å²) in [6.45, 7) is 1.92. The highest BCUT2D eigenvalue weighted by atomic mass is 35.5. The van der Waals surface area contributed by atoms with Crippen LogP contribution in [0.4, 0.5) is 4.79 Å². The Labute approximate surface area is 209 Å². The maximum Gasteiger partial charge on any atom is 0.321 e. The Hall–Kier alpha value is -2.42. The quantitative estimate of drug-likeness (QED) is 0.515. The van der Waals surface area contributed by atoms with Gasteiger partial charge in [-0.3, -0.25) is 10.1 Å². The number of urea groups is 1. The van der Waals surface area contributed by atoms with Crippen molar-refractivity contribution in [3.63, 3.8) is 0 Å². The van der Waals surface area contributed by atoms with Crippen molar-refractivity contribution < 1.29 is 19.1 Å². The van der Waals surface area contributed by atoms with Gasteiger partial charge in [-0.25, -0.2) is 4.79 Å². The Balaban J connectivity index is 1.54. The lowest BCUT2D eigenvalue weighted by molar-refractivity contribution is -0.122. The number of piperidine rings is 1. The molecule has 1 heterocycles. The number of thioether (sulfide) groups is 1. The molecular weight excluding hydrogens is 474 g/mol. The predicted molar refractivity (Wildman–Crippen MR) is 134 cm³/mol. The van der Waals surface area contributed by atoms with Crippen LogP contribution in [0.1, 0.15) is 32.1 Å². The number of hydrogen-bond donors (Lipinski definition) is 3. The molecule has 2 aliphatic rings. The Kier molecular flexibility index (Phi) is 7.60. The summed E-state index contributed by atoms with van der Waals surface area (Å²) in [5, 5.41) is 8.88. The van der Waals surface area contributed by atoms with Gasteiger partial charge in [-0.1, -0.05) is 11.6 Å². The van der Waals surface area contributed by atoms with E-state index in [1.165, 1.54) is 18.8 Å². The molecule has 7 nitrogen and oxygen atoms in total. The smallest absolute Gasteiger partial charge is 0.321 e. The summed E-state index contributed by atoms with van der Waals surface area (Å²) < 4.78 is 10.4. The first-order valence-electron chi connectivity index (χ1n) is 11.4. The van der Waals surface area contributed by atoms with Crippen molar-refractivity contribution in [3.8, 4) is 17.2 Å². The lowest BCUT2D eigenvalue weighted by Gasteiger charge is -2.36. The lowest BCUT2D eigenvalue weighted by atomic mass is 9.77. The van der Waals surface area contributed by atoms with E-state index in [1.54, 1.807) is 7.11 Å². The third-order valence-electron chi connectivity index (χ3n) is 6.76. The largest absolute Gasteiger partial charge is 0.497 e. The second kappa shape index (κ2) is 10.5. The second-order valence-electron chi connectivity index (χ2n) is 8.93. The number of methoxy groups -OCH3 is 1. The highest BCUT2D eigenvalue weighted by molar-refractivity contribution is 8.01. The minimum atomic E-state index is -0.731. The number of nitrogens with one attached hydrogen (secondary N) is 3. The maximum atomic E-state index is 13.3. The highest BCUT2D eigenvalue weighted by Crippen LogP contribution is 2.57. The van der Waals surface area contributed by atoms with Crippen LogP contribution in [0, 0.1) is 5.41 Å². The van der Waals surface area contributed by atoms with E-state index < -0.39 is 10.8 Å². The minimum absolute atomic E-state index is 0.124. The molecule has 1 saturated heterocycles. The molecule has 1 atom stereocenters. The SMILES string of the molecule is CNC(=O)NC(=O)C1(Sc2ccc(Oc3ccc(OC)cc3)c(Cl)c2)CCC2(CCNCC2)C1. The second-order valence-corrected chi connectivity index (χ2v) is 10.8. The molecule has 2 aromatic rings. The van der Waals surface area contributed by atoms with Gasteiger partial charge in [0.2, 0.25) is 5.91 Å². The van der Waals surface area contributed by atoms with Gasteiger partial charge in [-0.05, 0) is 93.1 Å². The van der Waals surface area contributed by atoms with E-state index in [0.29, 0.717) is 22.9 Å². The van der Waals surface area contributed by atoms with Crippen LogP contribution in [0.3, 0.4) is 0 Å². The van der Waals surface area contributed by atoms with E-state index in [2.05, 4.69) is 16.0 Å². The van der Waals surface area contributed by atoms with Crippen molar-refractivity contribution in [2.75, 3.05) is 27.2 Å². The molecule has 4 rings (SSSR count). The molecule has 1 aliphatic carbocycles. The molecule has 2 fully saturated rings. The van der Waals surface area contributed by atoms with Gasteiger partial charge < -0.3 is 20.1 Å². The number of imide groups is 1. The Morgan fingerprint density at radius 2 is 1.74 bits per heavy atom. The van der Waals surface area contributed by atoms with E-state index in [1.807, 2.05) is 42.5 Å². The van der Waals surface area contributed by atoms with Crippen LogP contribution < -0.4 is 25.4 Å². The Morgan fingerprint density at radius 3 is 2.38 bits per heavy atom. The summed E-state index contributed by atoms with van der Waals surface area (Å²) in [4.78, 5) is 26.1. The Morgan fingerprint density at radius 1 is 1.03 bits per heavy atom. The van der Waals surface area contributed by atoms with Crippen LogP contribution in [0.25, 0.3) is 0 Å². The lowest BCUT2D eigenvalue weighted by Crippen LogP contribution is -2.49. The zero-order valence-corrected chi connectivity index (χ0v) is 21.0. The predicted octanol–water partition coefficient (Wildman–Crippen LogP) is 4.98. The van der Waals surface area contributed by atoms with Gasteiger partial charge in [0.15, 0.2) is 0 Å². The van der Waals surface area contributed by atoms with Gasteiger partial charge in [0.05, 0.1) is 12.1 Å². The summed E-state index contributed by atoms with van der Waals surface area (Å²) in [6.07, 6.45) is 4.49. The van der Waals surface area contributed by atoms with E-state index in [-0.39, 0.29) is 11.3 Å². The molecule has 3 amide bonds. The standard InChI is InChI=1S/C25H30ClN3O4S/c1-27-23(31)29-22(30)25(10-9-24(16-25)11-13-28-14-12-24)34-19-7-8-21(20(26)15-19)33-18-5-3-17(32-2)4-6-18/h3-8,15,28H,9-14,16H2,1-2H3,(H2,27,29,30,31). The number of carbonyl (C=O) groups excluding carboxylic acids is 2. The van der Waals surface area contributed by atoms with E-state index >= 15 is 0 Å². The molecule has 1 unspecified atom stereocenters. The zero-order chi connectivity index (χ0) is 24.2. The van der Waals surface area contributed by atoms with E-state index in [4.69, 9.17) is 21.1 Å². The molecule has 0 bridgehead atoms. The van der Waals surface area contributed by atoms with E-state index in [0.717, 1.165) is 49.4 Å². The van der Waals surface area contributed by atoms with Crippen LogP contribution >= 0.6 is 23.4 Å². The summed E-state index contributed by atoms with van der Waals surface area (Å²) in [5.41, 5.74) is 0.124. The van der Waals surface area contributed by atoms with Gasteiger partial charge in [0.1, 0.15) is 22.0 Å². The van der Waals surface area contributed by atoms with E-state index in [9.17, 15) is 9.59 Å². The van der Waals surface area contributed by atoms with Crippen molar-refractivity contribution in [1.82, 2.24) is 16.0 Å². The average Bonchev–Trinajstić information content (AvgIpc) is 3.20. The number of ether oxygens (including phenoxy) is 2. The molecule has 1 saturated carbocycles. The van der Waals surface area contributed by atoms with Crippen molar-refractivity contribution in [2.45, 2.75) is 41.7 Å². The molecule has 3 N–H and O–H groups in total. The first kappa shape index (κ1) is 24.7. The first-order chi connectivity index (χ1) is 16.4. The zero-order valence-electron chi connectivity index (χ0n) is 19.4. The summed E-state index contributed by atoms with van der Waals surface area (Å²) in [6, 6.07) is 12.3. The third-order valence-corrected chi connectivity index (χ3v) is 8.47. The molecule has 1 aliphatic heterocycles. The van der Waals surface area contributed by atoms with Crippen LogP contribution in [0.15, 0.2) is 47.4 Å². The summed E-state index contributed by atoms with van der Waals surface area (Å²) in [7, 11) is 3.12. The number of rotatable bonds is 6. The summed E-state index contributed by atoms with van der Waals surface area (Å²) >= 11 is 8.05. The fraction of sp³-hybridized carbons (Fsp3) is 0.440. The topological polar surface area (TPSA) is 88.7 Å². The maximum absolute atomic E-state index is 13.3. The normalized spacial score (nSPS) is 21.1. The fourth-order valence-electron chi connectivity index (χ4n) is 4.86. The number of hydrogen-bond acceptors (Lipinski definition) is 6. The fourth-order valence-corrected chi connectivity index (χ4v) is 6.64. The number of benzene rings is 2. The van der Waals surface area contributed by atoms with Gasteiger partial charge >= 0.3 is 6.03 Å². The minimum Gasteiger partial charge on any atom is -0.497 e. The van der Waals surface area contributed by atoms with Crippen LogP contribution in [0.5, 0.6) is 17.2 Å². The van der Waals surface area contributed by atoms with Crippen molar-refractivity contribution in [3.05, 3.63) is 47.5 Å².